The fourth-order valence-electron chi connectivity index (χ4n) is 3.96. The van der Waals surface area contributed by atoms with E-state index in [-0.39, 0.29) is 18.8 Å². The van der Waals surface area contributed by atoms with E-state index in [1.165, 1.54) is 7.11 Å². The number of fused-ring (bicyclic) bond motifs is 1. The number of amides is 4. The maximum Gasteiger partial charge on any atom is 0.408 e. The monoisotopic (exact) mass is 545 g/mol. The van der Waals surface area contributed by atoms with Crippen LogP contribution in [0.5, 0.6) is 0 Å². The molecule has 0 radical (unpaired) electrons. The van der Waals surface area contributed by atoms with Gasteiger partial charge in [-0.1, -0.05) is 32.0 Å². The Morgan fingerprint density at radius 3 is 2.15 bits per heavy atom. The molecule has 0 bridgehead atoms. The summed E-state index contributed by atoms with van der Waals surface area (Å²) in [5, 5.41) is 8.50. The van der Waals surface area contributed by atoms with Crippen molar-refractivity contribution in [3.8, 4) is 0 Å². The molecule has 214 valence electrons. The van der Waals surface area contributed by atoms with Gasteiger partial charge in [-0.25, -0.2) is 9.59 Å². The van der Waals surface area contributed by atoms with Crippen molar-refractivity contribution in [2.75, 3.05) is 7.11 Å². The van der Waals surface area contributed by atoms with Gasteiger partial charge in [0.2, 0.25) is 17.7 Å². The summed E-state index contributed by atoms with van der Waals surface area (Å²) in [7, 11) is 1.22. The number of methoxy groups -OCH3 is 1. The zero-order valence-corrected chi connectivity index (χ0v) is 23.3. The highest BCUT2D eigenvalue weighted by atomic mass is 16.6. The minimum Gasteiger partial charge on any atom is -0.467 e. The van der Waals surface area contributed by atoms with Gasteiger partial charge in [0.05, 0.1) is 13.5 Å². The molecule has 0 aliphatic heterocycles. The number of alkyl carbamates (subject to hydrolysis) is 1. The first-order valence-corrected chi connectivity index (χ1v) is 12.7. The lowest BCUT2D eigenvalue weighted by molar-refractivity contribution is -0.145. The topological polar surface area (TPSA) is 182 Å². The quantitative estimate of drug-likeness (QED) is 0.251. The van der Waals surface area contributed by atoms with Crippen LogP contribution in [0, 0.1) is 5.92 Å². The van der Waals surface area contributed by atoms with Gasteiger partial charge in [0.15, 0.2) is 0 Å². The zero-order chi connectivity index (χ0) is 29.3. The second-order valence-electron chi connectivity index (χ2n) is 10.7. The van der Waals surface area contributed by atoms with Gasteiger partial charge in [-0.2, -0.15) is 0 Å². The lowest BCUT2D eigenvalue weighted by Gasteiger charge is -2.26. The number of nitrogens with one attached hydrogen (secondary N) is 4. The maximum atomic E-state index is 13.3. The Labute approximate surface area is 227 Å². The first-order chi connectivity index (χ1) is 18.2. The smallest absolute Gasteiger partial charge is 0.408 e. The normalized spacial score (nSPS) is 13.7. The molecule has 39 heavy (non-hydrogen) atoms. The molecule has 0 fully saturated rings. The summed E-state index contributed by atoms with van der Waals surface area (Å²) in [5.74, 6) is -2.93. The summed E-state index contributed by atoms with van der Waals surface area (Å²) in [5.41, 5.74) is 6.12. The minimum absolute atomic E-state index is 0.0281. The van der Waals surface area contributed by atoms with Crippen molar-refractivity contribution in [1.82, 2.24) is 20.9 Å². The number of aromatic amines is 1. The molecule has 0 aliphatic carbocycles. The number of rotatable bonds is 12. The molecular weight excluding hydrogens is 506 g/mol. The molecule has 1 aromatic carbocycles. The van der Waals surface area contributed by atoms with Crippen molar-refractivity contribution in [2.45, 2.75) is 77.6 Å². The van der Waals surface area contributed by atoms with Crippen LogP contribution in [0.1, 0.15) is 53.0 Å². The Kier molecular flexibility index (Phi) is 10.9. The highest BCUT2D eigenvalue weighted by Gasteiger charge is 2.32. The van der Waals surface area contributed by atoms with E-state index in [0.29, 0.717) is 0 Å². The number of carbonyl (C=O) groups excluding carboxylic acids is 5. The number of carbonyl (C=O) groups is 5. The molecule has 0 unspecified atom stereocenters. The van der Waals surface area contributed by atoms with Crippen LogP contribution in [-0.4, -0.2) is 65.6 Å². The maximum absolute atomic E-state index is 13.3. The number of nitrogens with two attached hydrogens (primary N) is 1. The number of hydrogen-bond donors (Lipinski definition) is 5. The molecule has 0 aliphatic rings. The Hall–Kier alpha value is -4.09. The summed E-state index contributed by atoms with van der Waals surface area (Å²) in [6.07, 6.45) is 0.700. The summed E-state index contributed by atoms with van der Waals surface area (Å²) < 4.78 is 10.1. The van der Waals surface area contributed by atoms with Crippen molar-refractivity contribution in [3.05, 3.63) is 36.0 Å². The van der Waals surface area contributed by atoms with Gasteiger partial charge in [0.25, 0.3) is 0 Å². The molecule has 6 N–H and O–H groups in total. The summed E-state index contributed by atoms with van der Waals surface area (Å²) >= 11 is 0. The number of para-hydroxylation sites is 1. The van der Waals surface area contributed by atoms with Crippen molar-refractivity contribution in [1.29, 1.82) is 0 Å². The number of aromatic nitrogens is 1. The summed E-state index contributed by atoms with van der Waals surface area (Å²) in [4.78, 5) is 66.0. The van der Waals surface area contributed by atoms with E-state index in [9.17, 15) is 24.0 Å². The second-order valence-corrected chi connectivity index (χ2v) is 10.7. The molecular formula is C27H39N5O7. The van der Waals surface area contributed by atoms with Gasteiger partial charge in [0, 0.05) is 23.5 Å². The van der Waals surface area contributed by atoms with Gasteiger partial charge in [0.1, 0.15) is 23.7 Å². The number of hydrogen-bond acceptors (Lipinski definition) is 7. The van der Waals surface area contributed by atoms with Crippen LogP contribution >= 0.6 is 0 Å². The van der Waals surface area contributed by atoms with Gasteiger partial charge in [-0.05, 0) is 44.7 Å². The number of benzene rings is 1. The van der Waals surface area contributed by atoms with Gasteiger partial charge < -0.3 is 36.1 Å². The predicted molar refractivity (Wildman–Crippen MR) is 144 cm³/mol. The number of esters is 1. The first kappa shape index (κ1) is 31.1. The van der Waals surface area contributed by atoms with Crippen LogP contribution in [-0.2, 0) is 35.1 Å². The SMILES string of the molecule is COC(=O)[C@H](Cc1c[nH]c2ccccc12)NC(=O)[C@H](CC(C)C)NC(=O)[C@H](CC(N)=O)NC(=O)OC(C)(C)C. The van der Waals surface area contributed by atoms with E-state index in [0.717, 1.165) is 16.5 Å². The minimum atomic E-state index is -1.37. The van der Waals surface area contributed by atoms with Crippen molar-refractivity contribution in [2.24, 2.45) is 11.7 Å². The lowest BCUT2D eigenvalue weighted by Crippen LogP contribution is -2.57. The van der Waals surface area contributed by atoms with E-state index in [2.05, 4.69) is 20.9 Å². The fraction of sp³-hybridized carbons (Fsp3) is 0.519. The van der Waals surface area contributed by atoms with Crippen LogP contribution in [0.2, 0.25) is 0 Å². The molecule has 12 nitrogen and oxygen atoms in total. The highest BCUT2D eigenvalue weighted by Crippen LogP contribution is 2.19. The Morgan fingerprint density at radius 2 is 1.56 bits per heavy atom. The van der Waals surface area contributed by atoms with Gasteiger partial charge >= 0.3 is 12.1 Å². The van der Waals surface area contributed by atoms with E-state index in [1.54, 1.807) is 27.0 Å². The summed E-state index contributed by atoms with van der Waals surface area (Å²) in [6.45, 7) is 8.65. The van der Waals surface area contributed by atoms with Gasteiger partial charge in [-0.3, -0.25) is 14.4 Å². The third-order valence-electron chi connectivity index (χ3n) is 5.65. The third-order valence-corrected chi connectivity index (χ3v) is 5.65. The lowest BCUT2D eigenvalue weighted by atomic mass is 10.0. The van der Waals surface area contributed by atoms with Crippen molar-refractivity contribution >= 4 is 40.7 Å². The summed E-state index contributed by atoms with van der Waals surface area (Å²) in [6, 6.07) is 4.06. The molecule has 0 spiro atoms. The third kappa shape index (κ3) is 9.95. The highest BCUT2D eigenvalue weighted by molar-refractivity contribution is 5.95. The Morgan fingerprint density at radius 1 is 0.949 bits per heavy atom. The van der Waals surface area contributed by atoms with Crippen LogP contribution in [0.15, 0.2) is 30.5 Å². The van der Waals surface area contributed by atoms with Crippen molar-refractivity contribution in [3.63, 3.8) is 0 Å². The van der Waals surface area contributed by atoms with E-state index >= 15 is 0 Å². The van der Waals surface area contributed by atoms with E-state index < -0.39 is 59.9 Å². The van der Waals surface area contributed by atoms with Crippen LogP contribution in [0.3, 0.4) is 0 Å². The van der Waals surface area contributed by atoms with Crippen LogP contribution in [0.4, 0.5) is 4.79 Å². The Bertz CT molecular complexity index is 1180. The molecule has 12 heteroatoms. The second kappa shape index (κ2) is 13.6. The molecule has 1 aromatic heterocycles. The molecule has 4 amide bonds. The van der Waals surface area contributed by atoms with Gasteiger partial charge in [-0.15, -0.1) is 0 Å². The first-order valence-electron chi connectivity index (χ1n) is 12.7. The zero-order valence-electron chi connectivity index (χ0n) is 23.3. The predicted octanol–water partition coefficient (Wildman–Crippen LogP) is 1.67. The number of primary amides is 1. The molecule has 1 heterocycles. The van der Waals surface area contributed by atoms with E-state index in [4.69, 9.17) is 15.2 Å². The molecule has 0 saturated heterocycles. The largest absolute Gasteiger partial charge is 0.467 e. The van der Waals surface area contributed by atoms with Crippen LogP contribution in [0.25, 0.3) is 10.9 Å². The van der Waals surface area contributed by atoms with Crippen molar-refractivity contribution < 1.29 is 33.4 Å². The number of H-pyrrole nitrogens is 1. The number of ether oxygens (including phenoxy) is 2. The molecule has 3 atom stereocenters. The average Bonchev–Trinajstić information content (AvgIpc) is 3.23. The van der Waals surface area contributed by atoms with Crippen LogP contribution < -0.4 is 21.7 Å². The fourth-order valence-corrected chi connectivity index (χ4v) is 3.96. The molecule has 2 rings (SSSR count). The standard InChI is InChI=1S/C27H39N5O7/c1-15(2)11-19(30-24(35)20(13-22(28)33)32-26(37)39-27(3,4)5)23(34)31-21(25(36)38-6)12-16-14-29-18-10-8-7-9-17(16)18/h7-10,14-15,19-21,29H,11-13H2,1-6H3,(H2,28,33)(H,30,35)(H,31,34)(H,32,37)/t19-,20-,21-/m0/s1. The average molecular weight is 546 g/mol. The Balaban J connectivity index is 2.22. The molecule has 2 aromatic rings. The van der Waals surface area contributed by atoms with E-state index in [1.807, 2.05) is 38.1 Å². The molecule has 0 saturated carbocycles.